The van der Waals surface area contributed by atoms with Gasteiger partial charge in [-0.2, -0.15) is 0 Å². The van der Waals surface area contributed by atoms with Crippen molar-refractivity contribution in [2.24, 2.45) is 0 Å². The number of phenols is 3. The van der Waals surface area contributed by atoms with Crippen molar-refractivity contribution in [3.8, 4) is 40.1 Å². The molecule has 160 valence electrons. The average molecular weight is 439 g/mol. The smallest absolute Gasteiger partial charge is 0.366 e. The topological polar surface area (TPSA) is 179 Å². The molecule has 0 spiro atoms. The molecule has 11 nitrogen and oxygen atoms in total. The molecule has 0 bridgehead atoms. The molecule has 30 heavy (non-hydrogen) atoms. The van der Waals surface area contributed by atoms with E-state index < -0.39 is 30.9 Å². The SMILES string of the molecule is CNCOP(=O)(O)COc1cc(-c2oc3cc(O)cc(O)c3c(=O)c2O)ccc1O. The van der Waals surface area contributed by atoms with Crippen LogP contribution in [0.2, 0.25) is 0 Å². The van der Waals surface area contributed by atoms with Crippen molar-refractivity contribution >= 4 is 18.6 Å². The van der Waals surface area contributed by atoms with Crippen molar-refractivity contribution < 1.29 is 43.6 Å². The third-order valence-corrected chi connectivity index (χ3v) is 4.94. The summed E-state index contributed by atoms with van der Waals surface area (Å²) in [6, 6.07) is 5.63. The van der Waals surface area contributed by atoms with Crippen LogP contribution in [-0.4, -0.2) is 45.4 Å². The molecule has 0 fully saturated rings. The van der Waals surface area contributed by atoms with Crippen molar-refractivity contribution in [2.75, 3.05) is 20.1 Å². The Bertz CT molecular complexity index is 1210. The van der Waals surface area contributed by atoms with Gasteiger partial charge in [0.25, 0.3) is 0 Å². The highest BCUT2D eigenvalue weighted by Gasteiger charge is 2.23. The van der Waals surface area contributed by atoms with Gasteiger partial charge < -0.3 is 34.5 Å². The molecule has 3 rings (SSSR count). The number of phenolic OH excluding ortho intramolecular Hbond substituents is 3. The minimum atomic E-state index is -4.12. The molecule has 0 aliphatic heterocycles. The quantitative estimate of drug-likeness (QED) is 0.234. The second-order valence-corrected chi connectivity index (χ2v) is 7.96. The Morgan fingerprint density at radius 1 is 1.10 bits per heavy atom. The van der Waals surface area contributed by atoms with Crippen molar-refractivity contribution in [1.29, 1.82) is 0 Å². The van der Waals surface area contributed by atoms with E-state index in [9.17, 15) is 34.7 Å². The predicted octanol–water partition coefficient (Wildman–Crippen LogP) is 2.00. The number of hydrogen-bond acceptors (Lipinski definition) is 10. The predicted molar refractivity (Wildman–Crippen MR) is 105 cm³/mol. The fourth-order valence-electron chi connectivity index (χ4n) is 2.60. The Labute approximate surface area is 168 Å². The normalized spacial score (nSPS) is 13.3. The number of nitrogens with one attached hydrogen (secondary N) is 1. The van der Waals surface area contributed by atoms with Crippen LogP contribution in [0.3, 0.4) is 0 Å². The Morgan fingerprint density at radius 3 is 2.53 bits per heavy atom. The second-order valence-electron chi connectivity index (χ2n) is 6.17. The lowest BCUT2D eigenvalue weighted by atomic mass is 10.1. The maximum absolute atomic E-state index is 12.4. The summed E-state index contributed by atoms with van der Waals surface area (Å²) < 4.78 is 27.2. The molecule has 0 aliphatic rings. The first-order chi connectivity index (χ1) is 14.1. The maximum Gasteiger partial charge on any atom is 0.366 e. The molecule has 1 heterocycles. The summed E-state index contributed by atoms with van der Waals surface area (Å²) in [7, 11) is -2.60. The van der Waals surface area contributed by atoms with Gasteiger partial charge in [0.2, 0.25) is 11.2 Å². The second kappa shape index (κ2) is 8.25. The Hall–Kier alpha value is -3.24. The fourth-order valence-corrected chi connectivity index (χ4v) is 3.30. The van der Waals surface area contributed by atoms with Crippen LogP contribution in [0.4, 0.5) is 0 Å². The summed E-state index contributed by atoms with van der Waals surface area (Å²) >= 11 is 0. The van der Waals surface area contributed by atoms with E-state index in [-0.39, 0.29) is 46.3 Å². The van der Waals surface area contributed by atoms with Crippen LogP contribution < -0.4 is 15.5 Å². The van der Waals surface area contributed by atoms with Gasteiger partial charge >= 0.3 is 7.60 Å². The van der Waals surface area contributed by atoms with Crippen LogP contribution in [-0.2, 0) is 9.09 Å². The Balaban J connectivity index is 2.02. The highest BCUT2D eigenvalue weighted by atomic mass is 31.2. The minimum absolute atomic E-state index is 0.0750. The zero-order valence-electron chi connectivity index (χ0n) is 15.5. The van der Waals surface area contributed by atoms with Gasteiger partial charge in [-0.25, -0.2) is 0 Å². The average Bonchev–Trinajstić information content (AvgIpc) is 2.68. The van der Waals surface area contributed by atoms with Crippen molar-refractivity contribution in [2.45, 2.75) is 0 Å². The highest BCUT2D eigenvalue weighted by Crippen LogP contribution is 2.43. The number of ether oxygens (including phenoxy) is 1. The van der Waals surface area contributed by atoms with E-state index in [1.54, 1.807) is 0 Å². The van der Waals surface area contributed by atoms with Crippen molar-refractivity contribution in [1.82, 2.24) is 5.32 Å². The van der Waals surface area contributed by atoms with Gasteiger partial charge in [0.1, 0.15) is 29.2 Å². The summed E-state index contributed by atoms with van der Waals surface area (Å²) in [6.45, 7) is -0.195. The Morgan fingerprint density at radius 2 is 1.83 bits per heavy atom. The van der Waals surface area contributed by atoms with Gasteiger partial charge in [0, 0.05) is 17.7 Å². The molecule has 0 saturated carbocycles. The molecule has 0 radical (unpaired) electrons. The first kappa shape index (κ1) is 21.5. The first-order valence-electron chi connectivity index (χ1n) is 8.42. The third-order valence-electron chi connectivity index (χ3n) is 3.95. The maximum atomic E-state index is 12.4. The summed E-state index contributed by atoms with van der Waals surface area (Å²) in [5, 5.41) is 41.9. The summed E-state index contributed by atoms with van der Waals surface area (Å²) in [6.07, 6.45) is -0.777. The van der Waals surface area contributed by atoms with Crippen molar-refractivity contribution in [3.05, 3.63) is 40.6 Å². The van der Waals surface area contributed by atoms with Gasteiger partial charge in [-0.3, -0.25) is 19.2 Å². The molecule has 0 amide bonds. The number of rotatable bonds is 7. The van der Waals surface area contributed by atoms with E-state index in [1.807, 2.05) is 0 Å². The molecule has 1 unspecified atom stereocenters. The highest BCUT2D eigenvalue weighted by molar-refractivity contribution is 7.52. The number of fused-ring (bicyclic) bond motifs is 1. The van der Waals surface area contributed by atoms with Crippen LogP contribution >= 0.6 is 7.60 Å². The molecule has 0 aliphatic carbocycles. The minimum Gasteiger partial charge on any atom is -0.508 e. The van der Waals surface area contributed by atoms with Crippen LogP contribution in [0.25, 0.3) is 22.3 Å². The first-order valence-corrected chi connectivity index (χ1v) is 10.2. The number of aromatic hydroxyl groups is 4. The molecule has 3 aromatic rings. The van der Waals surface area contributed by atoms with E-state index in [1.165, 1.54) is 19.2 Å². The molecular formula is C18H18NO10P. The summed E-state index contributed by atoms with van der Waals surface area (Å²) in [5.74, 6) is -2.72. The lowest BCUT2D eigenvalue weighted by Gasteiger charge is -2.14. The van der Waals surface area contributed by atoms with Gasteiger partial charge in [0.05, 0.1) is 0 Å². The Kier molecular flexibility index (Phi) is 5.90. The zero-order chi connectivity index (χ0) is 22.1. The standard InChI is InChI=1S/C18H18NO10P/c1-19-7-28-30(25,26)8-27-13-4-9(2-3-11(13)21)18-17(24)16(23)15-12(22)5-10(20)6-14(15)29-18/h2-6,19-22,24H,7-8H2,1H3,(H,25,26). The van der Waals surface area contributed by atoms with Crippen LogP contribution in [0.5, 0.6) is 28.7 Å². The van der Waals surface area contributed by atoms with E-state index in [4.69, 9.17) is 13.7 Å². The van der Waals surface area contributed by atoms with E-state index in [0.717, 1.165) is 18.2 Å². The van der Waals surface area contributed by atoms with E-state index >= 15 is 0 Å². The zero-order valence-corrected chi connectivity index (χ0v) is 16.4. The molecule has 12 heteroatoms. The monoisotopic (exact) mass is 439 g/mol. The van der Waals surface area contributed by atoms with E-state index in [2.05, 4.69) is 5.32 Å². The summed E-state index contributed by atoms with van der Waals surface area (Å²) in [5.41, 5.74) is -1.06. The molecule has 2 aromatic carbocycles. The van der Waals surface area contributed by atoms with Gasteiger partial charge in [-0.05, 0) is 25.2 Å². The molecule has 1 atom stereocenters. The third kappa shape index (κ3) is 4.34. The number of benzene rings is 2. The lowest BCUT2D eigenvalue weighted by molar-refractivity contribution is 0.219. The molecule has 1 aromatic heterocycles. The molecule has 6 N–H and O–H groups in total. The van der Waals surface area contributed by atoms with Gasteiger partial charge in [0.15, 0.2) is 23.6 Å². The molecular weight excluding hydrogens is 421 g/mol. The van der Waals surface area contributed by atoms with Gasteiger partial charge in [-0.1, -0.05) is 0 Å². The van der Waals surface area contributed by atoms with Gasteiger partial charge in [-0.15, -0.1) is 0 Å². The lowest BCUT2D eigenvalue weighted by Crippen LogP contribution is -2.12. The fraction of sp³-hybridized carbons (Fsp3) is 0.167. The van der Waals surface area contributed by atoms with Crippen LogP contribution in [0.15, 0.2) is 39.5 Å². The van der Waals surface area contributed by atoms with Crippen LogP contribution in [0.1, 0.15) is 0 Å². The number of hydrogen-bond donors (Lipinski definition) is 6. The van der Waals surface area contributed by atoms with Crippen molar-refractivity contribution in [3.63, 3.8) is 0 Å². The molecule has 0 saturated heterocycles. The van der Waals surface area contributed by atoms with Crippen LogP contribution in [0, 0.1) is 0 Å². The largest absolute Gasteiger partial charge is 0.508 e. The van der Waals surface area contributed by atoms with E-state index in [0.29, 0.717) is 0 Å². The summed E-state index contributed by atoms with van der Waals surface area (Å²) in [4.78, 5) is 22.1.